The molecule has 0 spiro atoms. The van der Waals surface area contributed by atoms with Crippen molar-refractivity contribution in [1.82, 2.24) is 10.2 Å². The maximum absolute atomic E-state index is 14.0. The molecule has 3 aromatic carbocycles. The maximum Gasteiger partial charge on any atom is 0.244 e. The van der Waals surface area contributed by atoms with Crippen molar-refractivity contribution in [2.75, 3.05) is 38.4 Å². The van der Waals surface area contributed by atoms with E-state index in [2.05, 4.69) is 21.2 Å². The number of ether oxygens (including phenoxy) is 2. The van der Waals surface area contributed by atoms with Crippen LogP contribution < -0.4 is 19.1 Å². The van der Waals surface area contributed by atoms with Gasteiger partial charge in [0, 0.05) is 30.6 Å². The number of methoxy groups -OCH3 is 2. The lowest BCUT2D eigenvalue weighted by Crippen LogP contribution is -2.52. The van der Waals surface area contributed by atoms with Crippen LogP contribution in [0.3, 0.4) is 0 Å². The van der Waals surface area contributed by atoms with Gasteiger partial charge in [-0.2, -0.15) is 0 Å². The molecular formula is C28H32BrN3O6S. The molecule has 1 atom stereocenters. The minimum Gasteiger partial charge on any atom is -0.497 e. The summed E-state index contributed by atoms with van der Waals surface area (Å²) in [5, 5.41) is 2.66. The molecule has 1 N–H and O–H groups in total. The molecule has 0 aliphatic rings. The van der Waals surface area contributed by atoms with Crippen molar-refractivity contribution < 1.29 is 27.5 Å². The fourth-order valence-electron chi connectivity index (χ4n) is 4.09. The first-order chi connectivity index (χ1) is 18.6. The quantitative estimate of drug-likeness (QED) is 0.333. The Morgan fingerprint density at radius 1 is 0.949 bits per heavy atom. The molecule has 208 valence electrons. The first-order valence-electron chi connectivity index (χ1n) is 12.1. The molecular weight excluding hydrogens is 586 g/mol. The van der Waals surface area contributed by atoms with E-state index in [0.29, 0.717) is 5.75 Å². The molecule has 3 rings (SSSR count). The molecule has 0 saturated heterocycles. The van der Waals surface area contributed by atoms with Crippen LogP contribution in [0.15, 0.2) is 77.3 Å². The Morgan fingerprint density at radius 2 is 1.62 bits per heavy atom. The minimum absolute atomic E-state index is 0.0916. The van der Waals surface area contributed by atoms with E-state index in [1.54, 1.807) is 12.1 Å². The van der Waals surface area contributed by atoms with Crippen LogP contribution in [-0.2, 0) is 32.6 Å². The van der Waals surface area contributed by atoms with Crippen LogP contribution in [0, 0.1) is 0 Å². The van der Waals surface area contributed by atoms with Gasteiger partial charge in [0.05, 0.1) is 26.2 Å². The summed E-state index contributed by atoms with van der Waals surface area (Å²) in [6.07, 6.45) is 1.26. The number of hydrogen-bond acceptors (Lipinski definition) is 6. The van der Waals surface area contributed by atoms with Gasteiger partial charge in [-0.25, -0.2) is 8.42 Å². The number of carbonyl (C=O) groups excluding carboxylic acids is 2. The van der Waals surface area contributed by atoms with Gasteiger partial charge in [0.2, 0.25) is 21.8 Å². The Balaban J connectivity index is 2.06. The van der Waals surface area contributed by atoms with E-state index < -0.39 is 28.5 Å². The fraction of sp³-hybridized carbons (Fsp3) is 0.286. The fourth-order valence-corrected chi connectivity index (χ4v) is 5.21. The highest BCUT2D eigenvalue weighted by molar-refractivity contribution is 9.10. The normalized spacial score (nSPS) is 11.8. The Labute approximate surface area is 237 Å². The van der Waals surface area contributed by atoms with Crippen LogP contribution in [0.4, 0.5) is 5.69 Å². The summed E-state index contributed by atoms with van der Waals surface area (Å²) in [4.78, 5) is 28.6. The van der Waals surface area contributed by atoms with Gasteiger partial charge in [-0.3, -0.25) is 13.9 Å². The second-order valence-corrected chi connectivity index (χ2v) is 11.6. The number of anilines is 1. The molecule has 0 aromatic heterocycles. The van der Waals surface area contributed by atoms with E-state index in [0.717, 1.165) is 26.2 Å². The number of sulfonamides is 1. The molecule has 0 unspecified atom stereocenters. The Bertz CT molecular complexity index is 1380. The SMILES string of the molecule is CNC(=O)[C@H](Cc1ccccc1)N(Cc1ccc(Br)cc1)C(=O)CN(c1ccc(OC)cc1OC)S(C)(=O)=O. The molecule has 0 aliphatic carbocycles. The van der Waals surface area contributed by atoms with E-state index in [4.69, 9.17) is 9.47 Å². The Kier molecular flexibility index (Phi) is 10.4. The number of likely N-dealkylation sites (N-methyl/N-ethyl adjacent to an activating group) is 1. The van der Waals surface area contributed by atoms with Gasteiger partial charge in [-0.05, 0) is 35.4 Å². The smallest absolute Gasteiger partial charge is 0.244 e. The third kappa shape index (κ3) is 7.96. The van der Waals surface area contributed by atoms with Crippen molar-refractivity contribution in [3.05, 3.63) is 88.4 Å². The summed E-state index contributed by atoms with van der Waals surface area (Å²) in [5.41, 5.74) is 1.82. The third-order valence-electron chi connectivity index (χ3n) is 6.12. The van der Waals surface area contributed by atoms with Crippen LogP contribution in [0.5, 0.6) is 11.5 Å². The van der Waals surface area contributed by atoms with E-state index in [-0.39, 0.29) is 30.3 Å². The largest absolute Gasteiger partial charge is 0.497 e. The molecule has 3 aromatic rings. The number of nitrogens with one attached hydrogen (secondary N) is 1. The van der Waals surface area contributed by atoms with E-state index in [1.165, 1.54) is 32.2 Å². The molecule has 0 saturated carbocycles. The topological polar surface area (TPSA) is 105 Å². The molecule has 9 nitrogen and oxygen atoms in total. The number of carbonyl (C=O) groups is 2. The number of halogens is 1. The van der Waals surface area contributed by atoms with Crippen molar-refractivity contribution in [2.24, 2.45) is 0 Å². The second kappa shape index (κ2) is 13.5. The van der Waals surface area contributed by atoms with Gasteiger partial charge in [0.15, 0.2) is 0 Å². The summed E-state index contributed by atoms with van der Waals surface area (Å²) in [6.45, 7) is -0.450. The van der Waals surface area contributed by atoms with Crippen LogP contribution in [0.2, 0.25) is 0 Å². The Hall–Kier alpha value is -3.57. The molecule has 39 heavy (non-hydrogen) atoms. The number of rotatable bonds is 12. The average molecular weight is 619 g/mol. The summed E-state index contributed by atoms with van der Waals surface area (Å²) in [7, 11) is 0.467. The van der Waals surface area contributed by atoms with Crippen molar-refractivity contribution in [3.8, 4) is 11.5 Å². The Morgan fingerprint density at radius 3 is 2.18 bits per heavy atom. The van der Waals surface area contributed by atoms with Crippen molar-refractivity contribution >= 4 is 43.5 Å². The number of benzene rings is 3. The summed E-state index contributed by atoms with van der Waals surface area (Å²) < 4.78 is 38.4. The number of hydrogen-bond donors (Lipinski definition) is 1. The van der Waals surface area contributed by atoms with Crippen LogP contribution >= 0.6 is 15.9 Å². The maximum atomic E-state index is 14.0. The van der Waals surface area contributed by atoms with Crippen molar-refractivity contribution in [2.45, 2.75) is 19.0 Å². The molecule has 11 heteroatoms. The zero-order valence-electron chi connectivity index (χ0n) is 22.3. The lowest BCUT2D eigenvalue weighted by Gasteiger charge is -2.33. The van der Waals surface area contributed by atoms with Gasteiger partial charge in [-0.15, -0.1) is 0 Å². The predicted molar refractivity (Wildman–Crippen MR) is 154 cm³/mol. The molecule has 0 radical (unpaired) electrons. The zero-order valence-corrected chi connectivity index (χ0v) is 24.7. The number of amides is 2. The summed E-state index contributed by atoms with van der Waals surface area (Å²) in [5.74, 6) is -0.225. The van der Waals surface area contributed by atoms with Gasteiger partial charge in [0.25, 0.3) is 0 Å². The first kappa shape index (κ1) is 30.0. The predicted octanol–water partition coefficient (Wildman–Crippen LogP) is 3.62. The lowest BCUT2D eigenvalue weighted by atomic mass is 10.0. The first-order valence-corrected chi connectivity index (χ1v) is 14.7. The molecule has 0 aliphatic heterocycles. The zero-order chi connectivity index (χ0) is 28.6. The molecule has 0 bridgehead atoms. The molecule has 0 fully saturated rings. The minimum atomic E-state index is -3.93. The number of nitrogens with zero attached hydrogens (tertiary/aromatic N) is 2. The van der Waals surface area contributed by atoms with Crippen LogP contribution in [-0.4, -0.2) is 65.2 Å². The average Bonchev–Trinajstić information content (AvgIpc) is 2.93. The highest BCUT2D eigenvalue weighted by atomic mass is 79.9. The van der Waals surface area contributed by atoms with Gasteiger partial charge in [-0.1, -0.05) is 58.4 Å². The standard InChI is InChI=1S/C28H32BrN3O6S/c1-30-28(34)25(16-20-8-6-5-7-9-20)31(18-21-10-12-22(29)13-11-21)27(33)19-32(39(4,35)36)24-15-14-23(37-2)17-26(24)38-3/h5-15,17,25H,16,18-19H2,1-4H3,(H,30,34)/t25-/m0/s1. The van der Waals surface area contributed by atoms with Crippen molar-refractivity contribution in [3.63, 3.8) is 0 Å². The van der Waals surface area contributed by atoms with E-state index in [9.17, 15) is 18.0 Å². The monoisotopic (exact) mass is 617 g/mol. The van der Waals surface area contributed by atoms with Crippen LogP contribution in [0.1, 0.15) is 11.1 Å². The van der Waals surface area contributed by atoms with E-state index in [1.807, 2.05) is 54.6 Å². The second-order valence-electron chi connectivity index (χ2n) is 8.78. The third-order valence-corrected chi connectivity index (χ3v) is 7.77. The molecule has 0 heterocycles. The van der Waals surface area contributed by atoms with Gasteiger partial charge in [0.1, 0.15) is 24.1 Å². The lowest BCUT2D eigenvalue weighted by molar-refractivity contribution is -0.139. The van der Waals surface area contributed by atoms with Crippen molar-refractivity contribution in [1.29, 1.82) is 0 Å². The highest BCUT2D eigenvalue weighted by Gasteiger charge is 2.33. The van der Waals surface area contributed by atoms with E-state index >= 15 is 0 Å². The molecule has 2 amide bonds. The summed E-state index contributed by atoms with van der Waals surface area (Å²) >= 11 is 3.41. The van der Waals surface area contributed by atoms with Gasteiger partial charge < -0.3 is 19.7 Å². The van der Waals surface area contributed by atoms with Crippen LogP contribution in [0.25, 0.3) is 0 Å². The van der Waals surface area contributed by atoms with Gasteiger partial charge >= 0.3 is 0 Å². The summed E-state index contributed by atoms with van der Waals surface area (Å²) in [6, 6.07) is 20.5. The highest BCUT2D eigenvalue weighted by Crippen LogP contribution is 2.33.